The van der Waals surface area contributed by atoms with Crippen molar-refractivity contribution < 1.29 is 47.9 Å². The number of aliphatic carboxylic acids is 1. The van der Waals surface area contributed by atoms with E-state index in [1.807, 2.05) is 13.8 Å². The van der Waals surface area contributed by atoms with Crippen molar-refractivity contribution in [1.29, 1.82) is 0 Å². The number of amides is 7. The molecular weight excluding hydrogens is 764 g/mol. The Bertz CT molecular complexity index is 1900. The van der Waals surface area contributed by atoms with E-state index in [1.165, 1.54) is 27.0 Å². The van der Waals surface area contributed by atoms with Crippen LogP contribution in [0.2, 0.25) is 0 Å². The smallest absolute Gasteiger partial charge is 0.326 e. The molecule has 318 valence electrons. The maximum Gasteiger partial charge on any atom is 0.326 e. The molecule has 2 aromatic carbocycles. The molecule has 6 atom stereocenters. The van der Waals surface area contributed by atoms with Gasteiger partial charge in [0.15, 0.2) is 0 Å². The fourth-order valence-corrected chi connectivity index (χ4v) is 5.61. The molecule has 3 rings (SSSR count). The minimum atomic E-state index is -1.23. The van der Waals surface area contributed by atoms with Gasteiger partial charge in [-0.3, -0.25) is 33.6 Å². The lowest BCUT2D eigenvalue weighted by molar-refractivity contribution is -0.142. The molecule has 0 spiro atoms. The zero-order valence-electron chi connectivity index (χ0n) is 33.7. The molecular formula is C41H54N8O10. The first kappa shape index (κ1) is 46.8. The van der Waals surface area contributed by atoms with Crippen LogP contribution in [0.15, 0.2) is 77.4 Å². The largest absolute Gasteiger partial charge is 0.480 e. The molecule has 0 saturated carbocycles. The van der Waals surface area contributed by atoms with Gasteiger partial charge in [-0.15, -0.1) is 0 Å². The summed E-state index contributed by atoms with van der Waals surface area (Å²) in [6, 6.07) is 12.7. The molecule has 0 aliphatic rings. The van der Waals surface area contributed by atoms with E-state index < -0.39 is 96.7 Å². The number of rotatable bonds is 22. The molecule has 7 amide bonds. The lowest BCUT2D eigenvalue weighted by Gasteiger charge is -2.23. The molecule has 1 aromatic heterocycles. The van der Waals surface area contributed by atoms with Gasteiger partial charge < -0.3 is 52.5 Å². The van der Waals surface area contributed by atoms with Crippen molar-refractivity contribution in [1.82, 2.24) is 37.2 Å². The molecule has 0 saturated heterocycles. The van der Waals surface area contributed by atoms with Crippen molar-refractivity contribution in [3.8, 4) is 11.3 Å². The van der Waals surface area contributed by atoms with Crippen LogP contribution in [0.4, 0.5) is 0 Å². The molecule has 59 heavy (non-hydrogen) atoms. The molecule has 0 fully saturated rings. The Morgan fingerprint density at radius 2 is 1.12 bits per heavy atom. The Hall–Kier alpha value is -6.56. The lowest BCUT2D eigenvalue weighted by Crippen LogP contribution is -2.57. The Kier molecular flexibility index (Phi) is 18.2. The fraction of sp³-hybridized carbons (Fsp3) is 0.415. The first-order valence-corrected chi connectivity index (χ1v) is 19.1. The van der Waals surface area contributed by atoms with Crippen LogP contribution in [0.1, 0.15) is 52.2 Å². The van der Waals surface area contributed by atoms with Gasteiger partial charge in [0.05, 0.1) is 25.4 Å². The molecule has 0 unspecified atom stereocenters. The summed E-state index contributed by atoms with van der Waals surface area (Å²) in [6.45, 7) is 6.72. The van der Waals surface area contributed by atoms with Crippen LogP contribution in [0.5, 0.6) is 0 Å². The van der Waals surface area contributed by atoms with Gasteiger partial charge in [0.2, 0.25) is 41.4 Å². The van der Waals surface area contributed by atoms with Crippen molar-refractivity contribution in [2.45, 2.75) is 90.1 Å². The van der Waals surface area contributed by atoms with Crippen LogP contribution in [-0.2, 0) is 51.2 Å². The number of carbonyl (C=O) groups excluding carboxylic acids is 7. The van der Waals surface area contributed by atoms with Gasteiger partial charge in [0, 0.05) is 18.4 Å². The quantitative estimate of drug-likeness (QED) is 0.0646. The average Bonchev–Trinajstić information content (AvgIpc) is 3.74. The maximum absolute atomic E-state index is 13.5. The molecule has 18 nitrogen and oxygen atoms in total. The van der Waals surface area contributed by atoms with Gasteiger partial charge in [-0.25, -0.2) is 4.79 Å². The summed E-state index contributed by atoms with van der Waals surface area (Å²) >= 11 is 0. The minimum Gasteiger partial charge on any atom is -0.480 e. The summed E-state index contributed by atoms with van der Waals surface area (Å²) in [7, 11) is 0. The van der Waals surface area contributed by atoms with Crippen LogP contribution in [0.25, 0.3) is 11.3 Å². The number of carboxylic acids is 1. The van der Waals surface area contributed by atoms with E-state index >= 15 is 0 Å². The lowest BCUT2D eigenvalue weighted by atomic mass is 10.0. The van der Waals surface area contributed by atoms with Crippen LogP contribution in [0, 0.1) is 5.92 Å². The van der Waals surface area contributed by atoms with Gasteiger partial charge in [0.1, 0.15) is 36.0 Å². The summed E-state index contributed by atoms with van der Waals surface area (Å²) in [5.41, 5.74) is 7.65. The zero-order chi connectivity index (χ0) is 43.6. The standard InChI is InChI=1S/C41H54N8O10/c1-23(2)18-32(41(57)58)49-40(56)31(19-27-10-7-6-8-11-27)47-35(51)22-43-34(50)21-44-39(55)30(20-28-13-15-29(16-14-28)33-12-9-17-59-33)48-38(54)26(5)46-37(53)25(4)45-36(52)24(3)42/h6-17,23-26,30-32H,18-22,42H2,1-5H3,(H,43,50)(H,44,55)(H,45,52)(H,46,53)(H,47,51)(H,48,54)(H,49,56)(H,57,58)/t24-,25-,26-,30-,31-,32-/m0/s1. The Morgan fingerprint density at radius 1 is 0.576 bits per heavy atom. The number of nitrogens with one attached hydrogen (secondary N) is 7. The van der Waals surface area contributed by atoms with E-state index in [-0.39, 0.29) is 25.2 Å². The van der Waals surface area contributed by atoms with Crippen LogP contribution in [-0.4, -0.2) is 102 Å². The highest BCUT2D eigenvalue weighted by Crippen LogP contribution is 2.20. The normalized spacial score (nSPS) is 13.9. The maximum atomic E-state index is 13.5. The monoisotopic (exact) mass is 818 g/mol. The third-order valence-corrected chi connectivity index (χ3v) is 8.88. The topological polar surface area (TPSA) is 280 Å². The summed E-state index contributed by atoms with van der Waals surface area (Å²) in [5.74, 6) is -5.57. The summed E-state index contributed by atoms with van der Waals surface area (Å²) in [6.07, 6.45) is 1.72. The summed E-state index contributed by atoms with van der Waals surface area (Å²) in [5, 5.41) is 27.0. The molecule has 10 N–H and O–H groups in total. The van der Waals surface area contributed by atoms with E-state index in [4.69, 9.17) is 10.2 Å². The molecule has 0 bridgehead atoms. The van der Waals surface area contributed by atoms with Gasteiger partial charge in [-0.05, 0) is 56.4 Å². The first-order valence-electron chi connectivity index (χ1n) is 19.1. The van der Waals surface area contributed by atoms with E-state index in [2.05, 4.69) is 37.2 Å². The van der Waals surface area contributed by atoms with Gasteiger partial charge >= 0.3 is 5.97 Å². The predicted molar refractivity (Wildman–Crippen MR) is 216 cm³/mol. The highest BCUT2D eigenvalue weighted by Gasteiger charge is 2.29. The predicted octanol–water partition coefficient (Wildman–Crippen LogP) is -0.0941. The number of furan rings is 1. The summed E-state index contributed by atoms with van der Waals surface area (Å²) in [4.78, 5) is 102. The minimum absolute atomic E-state index is 0.0215. The molecule has 0 radical (unpaired) electrons. The van der Waals surface area contributed by atoms with Crippen LogP contribution < -0.4 is 43.0 Å². The van der Waals surface area contributed by atoms with Gasteiger partial charge in [-0.2, -0.15) is 0 Å². The van der Waals surface area contributed by atoms with Crippen molar-refractivity contribution in [2.75, 3.05) is 13.1 Å². The van der Waals surface area contributed by atoms with Gasteiger partial charge in [0.25, 0.3) is 0 Å². The highest BCUT2D eigenvalue weighted by molar-refractivity contribution is 5.96. The Labute approximate surface area is 342 Å². The molecule has 3 aromatic rings. The third-order valence-electron chi connectivity index (χ3n) is 8.88. The van der Waals surface area contributed by atoms with E-state index in [1.54, 1.807) is 66.7 Å². The molecule has 1 heterocycles. The SMILES string of the molecule is CC(C)C[C@H](NC(=O)[C@H](Cc1ccccc1)NC(=O)CNC(=O)CNC(=O)[C@H](Cc1ccc(-c2ccco2)cc1)NC(=O)[C@H](C)NC(=O)[C@H](C)NC(=O)[C@H](C)N)C(=O)O. The number of carboxylic acid groups (broad SMARTS) is 1. The summed E-state index contributed by atoms with van der Waals surface area (Å²) < 4.78 is 5.43. The second kappa shape index (κ2) is 23.0. The van der Waals surface area contributed by atoms with Crippen molar-refractivity contribution in [3.63, 3.8) is 0 Å². The first-order chi connectivity index (χ1) is 27.9. The molecule has 0 aliphatic heterocycles. The second-order valence-electron chi connectivity index (χ2n) is 14.5. The van der Waals surface area contributed by atoms with Crippen molar-refractivity contribution in [2.24, 2.45) is 11.7 Å². The Morgan fingerprint density at radius 3 is 1.68 bits per heavy atom. The number of hydrogen-bond acceptors (Lipinski definition) is 10. The van der Waals surface area contributed by atoms with Gasteiger partial charge in [-0.1, -0.05) is 68.4 Å². The number of benzene rings is 2. The number of nitrogens with two attached hydrogens (primary N) is 1. The van der Waals surface area contributed by atoms with E-state index in [9.17, 15) is 43.5 Å². The van der Waals surface area contributed by atoms with Crippen molar-refractivity contribution in [3.05, 3.63) is 84.1 Å². The number of hydrogen-bond donors (Lipinski definition) is 9. The third kappa shape index (κ3) is 16.1. The second-order valence-corrected chi connectivity index (χ2v) is 14.5. The Balaban J connectivity index is 1.64. The van der Waals surface area contributed by atoms with Crippen molar-refractivity contribution >= 4 is 47.3 Å². The van der Waals surface area contributed by atoms with E-state index in [0.717, 1.165) is 5.56 Å². The number of carbonyl (C=O) groups is 8. The average molecular weight is 819 g/mol. The zero-order valence-corrected chi connectivity index (χ0v) is 33.7. The molecule has 0 aliphatic carbocycles. The van der Waals surface area contributed by atoms with Crippen LogP contribution in [0.3, 0.4) is 0 Å². The molecule has 18 heteroatoms. The van der Waals surface area contributed by atoms with E-state index in [0.29, 0.717) is 16.9 Å². The highest BCUT2D eigenvalue weighted by atomic mass is 16.4. The fourth-order valence-electron chi connectivity index (χ4n) is 5.61. The van der Waals surface area contributed by atoms with Crippen LogP contribution >= 0.6 is 0 Å².